The number of benzene rings is 2. The highest BCUT2D eigenvalue weighted by molar-refractivity contribution is 7.91. The van der Waals surface area contributed by atoms with Gasteiger partial charge in [-0.15, -0.1) is 0 Å². The number of nitrogens with zero attached hydrogens (tertiary/aromatic N) is 3. The monoisotopic (exact) mass is 634 g/mol. The van der Waals surface area contributed by atoms with E-state index < -0.39 is 44.8 Å². The predicted octanol–water partition coefficient (Wildman–Crippen LogP) is 4.63. The molecule has 1 aliphatic rings. The van der Waals surface area contributed by atoms with Gasteiger partial charge < -0.3 is 9.88 Å². The lowest BCUT2D eigenvalue weighted by atomic mass is 9.96. The molecule has 0 amide bonds. The highest BCUT2D eigenvalue weighted by Gasteiger charge is 2.37. The molecule has 14 heteroatoms. The van der Waals surface area contributed by atoms with Crippen LogP contribution in [0.2, 0.25) is 10.0 Å². The van der Waals surface area contributed by atoms with Gasteiger partial charge in [0.2, 0.25) is 0 Å². The fraction of sp³-hybridized carbons (Fsp3) is 0.481. The number of aromatic nitrogens is 2. The average molecular weight is 636 g/mol. The summed E-state index contributed by atoms with van der Waals surface area (Å²) in [5, 5.41) is -0.613. The van der Waals surface area contributed by atoms with Crippen LogP contribution in [0.25, 0.3) is 10.9 Å². The van der Waals surface area contributed by atoms with E-state index in [2.05, 4.69) is 4.98 Å². The Kier molecular flexibility index (Phi) is 9.30. The molecule has 1 N–H and O–H groups in total. The van der Waals surface area contributed by atoms with Gasteiger partial charge in [-0.2, -0.15) is 13.2 Å². The first-order chi connectivity index (χ1) is 19.1. The lowest BCUT2D eigenvalue weighted by molar-refractivity contribution is -0.138. The maximum atomic E-state index is 14.3. The van der Waals surface area contributed by atoms with Crippen LogP contribution in [0, 0.1) is 5.92 Å². The third-order valence-electron chi connectivity index (χ3n) is 7.30. The number of H-pyrrole nitrogens is 1. The minimum Gasteiger partial charge on any atom is -0.309 e. The second-order valence-electron chi connectivity index (χ2n) is 10.6. The standard InChI is InChI=1S/C27H31Cl2F3N4O4S/c1-4-41(39,40)22-8-7-18(28)10-17(22)14-36-25(37)19-11-21(27(30,31)32)20(23(29)24(19)33-26(36)38)15-35-9-5-6-16(13-35)12-34(2)3/h7-8,10-11,16H,4-6,9,12-15H2,1-3H3,(H,33,38). The minimum atomic E-state index is -4.82. The third kappa shape index (κ3) is 6.83. The van der Waals surface area contributed by atoms with Crippen molar-refractivity contribution in [1.82, 2.24) is 19.4 Å². The van der Waals surface area contributed by atoms with Crippen molar-refractivity contribution < 1.29 is 21.6 Å². The Balaban J connectivity index is 1.83. The Bertz CT molecular complexity index is 1690. The smallest absolute Gasteiger partial charge is 0.309 e. The predicted molar refractivity (Wildman–Crippen MR) is 154 cm³/mol. The van der Waals surface area contributed by atoms with E-state index in [9.17, 15) is 31.2 Å². The van der Waals surface area contributed by atoms with Crippen molar-refractivity contribution in [1.29, 1.82) is 0 Å². The highest BCUT2D eigenvalue weighted by atomic mass is 35.5. The van der Waals surface area contributed by atoms with Gasteiger partial charge in [0.05, 0.1) is 38.7 Å². The highest BCUT2D eigenvalue weighted by Crippen LogP contribution is 2.39. The molecule has 2 aromatic carbocycles. The second-order valence-corrected chi connectivity index (χ2v) is 13.7. The van der Waals surface area contributed by atoms with Crippen molar-refractivity contribution in [3.05, 3.63) is 71.8 Å². The average Bonchev–Trinajstić information content (AvgIpc) is 2.87. The number of piperidine rings is 1. The van der Waals surface area contributed by atoms with Gasteiger partial charge in [-0.3, -0.25) is 14.3 Å². The SMILES string of the molecule is CCS(=O)(=O)c1ccc(Cl)cc1Cn1c(=O)[nH]c2c(Cl)c(CN3CCCC(CN(C)C)C3)c(C(F)(F)F)cc2c1=O. The fourth-order valence-electron chi connectivity index (χ4n) is 5.43. The van der Waals surface area contributed by atoms with Gasteiger partial charge in [0.15, 0.2) is 9.84 Å². The second kappa shape index (κ2) is 12.1. The zero-order valence-electron chi connectivity index (χ0n) is 22.8. The lowest BCUT2D eigenvalue weighted by Gasteiger charge is -2.34. The van der Waals surface area contributed by atoms with Crippen LogP contribution in [0.1, 0.15) is 36.5 Å². The number of alkyl halides is 3. The zero-order chi connectivity index (χ0) is 30.3. The quantitative estimate of drug-likeness (QED) is 0.388. The van der Waals surface area contributed by atoms with E-state index in [1.54, 1.807) is 0 Å². The molecule has 1 unspecified atom stereocenters. The van der Waals surface area contributed by atoms with Crippen LogP contribution in [0.4, 0.5) is 13.2 Å². The number of hydrogen-bond acceptors (Lipinski definition) is 6. The maximum Gasteiger partial charge on any atom is 0.416 e. The molecule has 8 nitrogen and oxygen atoms in total. The Morgan fingerprint density at radius 1 is 1.12 bits per heavy atom. The summed E-state index contributed by atoms with van der Waals surface area (Å²) in [5.41, 5.74) is -3.39. The number of sulfone groups is 1. The van der Waals surface area contributed by atoms with E-state index in [1.807, 2.05) is 23.9 Å². The van der Waals surface area contributed by atoms with Crippen molar-refractivity contribution >= 4 is 43.9 Å². The fourth-order valence-corrected chi connectivity index (χ4v) is 7.04. The summed E-state index contributed by atoms with van der Waals surface area (Å²) in [7, 11) is 0.128. The largest absolute Gasteiger partial charge is 0.416 e. The summed E-state index contributed by atoms with van der Waals surface area (Å²) in [6.07, 6.45) is -3.03. The van der Waals surface area contributed by atoms with Crippen molar-refractivity contribution in [2.24, 2.45) is 5.92 Å². The van der Waals surface area contributed by atoms with Crippen LogP contribution in [0.15, 0.2) is 38.8 Å². The van der Waals surface area contributed by atoms with Crippen molar-refractivity contribution in [2.75, 3.05) is 39.5 Å². The normalized spacial score (nSPS) is 17.0. The van der Waals surface area contributed by atoms with Gasteiger partial charge >= 0.3 is 11.9 Å². The molecular formula is C27H31Cl2F3N4O4S. The summed E-state index contributed by atoms with van der Waals surface area (Å²) in [5.74, 6) is 0.0393. The number of likely N-dealkylation sites (tertiary alicyclic amines) is 1. The molecule has 3 aromatic rings. The molecular weight excluding hydrogens is 604 g/mol. The molecule has 224 valence electrons. The maximum absolute atomic E-state index is 14.3. The van der Waals surface area contributed by atoms with Crippen LogP contribution in [-0.4, -0.2) is 67.3 Å². The van der Waals surface area contributed by atoms with Crippen molar-refractivity contribution in [3.63, 3.8) is 0 Å². The molecule has 0 bridgehead atoms. The van der Waals surface area contributed by atoms with Gasteiger partial charge in [0.1, 0.15) is 0 Å². The molecule has 0 aliphatic carbocycles. The van der Waals surface area contributed by atoms with Gasteiger partial charge in [0, 0.05) is 24.7 Å². The Labute approximate surface area is 245 Å². The molecule has 0 spiro atoms. The third-order valence-corrected chi connectivity index (χ3v) is 9.78. The molecule has 0 radical (unpaired) electrons. The first-order valence-electron chi connectivity index (χ1n) is 13.1. The van der Waals surface area contributed by atoms with E-state index in [1.165, 1.54) is 25.1 Å². The topological polar surface area (TPSA) is 95.5 Å². The van der Waals surface area contributed by atoms with Crippen molar-refractivity contribution in [2.45, 2.75) is 43.9 Å². The van der Waals surface area contributed by atoms with E-state index in [-0.39, 0.29) is 49.8 Å². The first-order valence-corrected chi connectivity index (χ1v) is 15.5. The number of hydrogen-bond donors (Lipinski definition) is 1. The van der Waals surface area contributed by atoms with Crippen LogP contribution in [-0.2, 0) is 29.1 Å². The molecule has 41 heavy (non-hydrogen) atoms. The van der Waals surface area contributed by atoms with Crippen LogP contribution in [0.5, 0.6) is 0 Å². The summed E-state index contributed by atoms with van der Waals surface area (Å²) >= 11 is 12.6. The molecule has 4 rings (SSSR count). The van der Waals surface area contributed by atoms with E-state index in [4.69, 9.17) is 23.2 Å². The minimum absolute atomic E-state index is 0.0578. The summed E-state index contributed by atoms with van der Waals surface area (Å²) in [6, 6.07) is 4.65. The molecule has 0 saturated carbocycles. The first kappa shape index (κ1) is 31.6. The lowest BCUT2D eigenvalue weighted by Crippen LogP contribution is -2.39. The number of rotatable bonds is 8. The Hall–Kier alpha value is -2.38. The number of aromatic amines is 1. The van der Waals surface area contributed by atoms with Gasteiger partial charge in [0.25, 0.3) is 5.56 Å². The van der Waals surface area contributed by atoms with Crippen LogP contribution < -0.4 is 11.2 Å². The Morgan fingerprint density at radius 3 is 2.46 bits per heavy atom. The summed E-state index contributed by atoms with van der Waals surface area (Å²) in [6.45, 7) is 2.80. The van der Waals surface area contributed by atoms with Crippen LogP contribution >= 0.6 is 23.2 Å². The molecule has 2 heterocycles. The van der Waals surface area contributed by atoms with Gasteiger partial charge in [-0.1, -0.05) is 30.1 Å². The molecule has 1 saturated heterocycles. The zero-order valence-corrected chi connectivity index (χ0v) is 25.1. The number of fused-ring (bicyclic) bond motifs is 1. The number of halogens is 5. The molecule has 1 atom stereocenters. The van der Waals surface area contributed by atoms with Crippen LogP contribution in [0.3, 0.4) is 0 Å². The van der Waals surface area contributed by atoms with E-state index in [0.717, 1.165) is 19.4 Å². The molecule has 1 fully saturated rings. The molecule has 1 aliphatic heterocycles. The van der Waals surface area contributed by atoms with Gasteiger partial charge in [-0.05, 0) is 74.8 Å². The summed E-state index contributed by atoms with van der Waals surface area (Å²) in [4.78, 5) is 32.8. The van der Waals surface area contributed by atoms with Crippen molar-refractivity contribution in [3.8, 4) is 0 Å². The molecule has 1 aromatic heterocycles. The van der Waals surface area contributed by atoms with Gasteiger partial charge in [-0.25, -0.2) is 13.2 Å². The van der Waals surface area contributed by atoms with E-state index in [0.29, 0.717) is 23.7 Å². The number of nitrogens with one attached hydrogen (secondary N) is 1. The van der Waals surface area contributed by atoms with E-state index >= 15 is 0 Å². The summed E-state index contributed by atoms with van der Waals surface area (Å²) < 4.78 is 68.9. The Morgan fingerprint density at radius 2 is 1.83 bits per heavy atom.